The molecule has 0 amide bonds. The Morgan fingerprint density at radius 3 is 2.30 bits per heavy atom. The molecule has 0 radical (unpaired) electrons. The zero-order valence-electron chi connectivity index (χ0n) is 18.4. The van der Waals surface area contributed by atoms with Crippen LogP contribution in [0.5, 0.6) is 0 Å². The minimum atomic E-state index is -3.75. The molecule has 4 aromatic rings. The number of pyridine rings is 1. The predicted octanol–water partition coefficient (Wildman–Crippen LogP) is 6.70. The van der Waals surface area contributed by atoms with Gasteiger partial charge in [-0.2, -0.15) is 4.31 Å². The SMILES string of the molecule is Cc1cc2cc(CN(CCc3ccccc3)S(=O)(=O)c3ccc(Br)cc3)c(Cl)nc2cc1C. The van der Waals surface area contributed by atoms with Crippen molar-refractivity contribution in [3.8, 4) is 0 Å². The Balaban J connectivity index is 1.72. The van der Waals surface area contributed by atoms with Crippen LogP contribution in [-0.2, 0) is 23.0 Å². The second kappa shape index (κ2) is 9.94. The van der Waals surface area contributed by atoms with E-state index in [9.17, 15) is 8.42 Å². The van der Waals surface area contributed by atoms with Gasteiger partial charge in [0, 0.05) is 28.5 Å². The van der Waals surface area contributed by atoms with E-state index in [2.05, 4.69) is 27.0 Å². The summed E-state index contributed by atoms with van der Waals surface area (Å²) in [6.45, 7) is 4.55. The van der Waals surface area contributed by atoms with Crippen molar-refractivity contribution < 1.29 is 8.42 Å². The standard InChI is InChI=1S/C26H24BrClN2O2S/c1-18-14-21-16-22(26(28)29-25(21)15-19(18)2)17-30(13-12-20-6-4-3-5-7-20)33(31,32)24-10-8-23(27)9-11-24/h3-11,14-16H,12-13,17H2,1-2H3. The van der Waals surface area contributed by atoms with E-state index < -0.39 is 10.0 Å². The molecule has 0 aliphatic carbocycles. The van der Waals surface area contributed by atoms with Crippen LogP contribution >= 0.6 is 27.5 Å². The van der Waals surface area contributed by atoms with E-state index >= 15 is 0 Å². The third kappa shape index (κ3) is 5.46. The first kappa shape index (κ1) is 23.9. The first-order valence-electron chi connectivity index (χ1n) is 10.6. The van der Waals surface area contributed by atoms with E-state index in [1.807, 2.05) is 56.3 Å². The molecule has 4 rings (SSSR count). The second-order valence-corrected chi connectivity index (χ2v) is 11.3. The molecule has 1 aromatic heterocycles. The molecule has 7 heteroatoms. The van der Waals surface area contributed by atoms with E-state index in [1.165, 1.54) is 4.31 Å². The Kier molecular flexibility index (Phi) is 7.19. The summed E-state index contributed by atoms with van der Waals surface area (Å²) in [4.78, 5) is 4.80. The van der Waals surface area contributed by atoms with Crippen molar-refractivity contribution in [3.05, 3.63) is 105 Å². The number of aryl methyl sites for hydroxylation is 2. The number of nitrogens with zero attached hydrogens (tertiary/aromatic N) is 2. The van der Waals surface area contributed by atoms with E-state index in [0.29, 0.717) is 23.7 Å². The average Bonchev–Trinajstić information content (AvgIpc) is 2.79. The molecule has 0 saturated heterocycles. The van der Waals surface area contributed by atoms with E-state index in [-0.39, 0.29) is 11.4 Å². The number of hydrogen-bond acceptors (Lipinski definition) is 3. The Morgan fingerprint density at radius 1 is 0.939 bits per heavy atom. The number of aromatic nitrogens is 1. The molecule has 0 aliphatic heterocycles. The zero-order valence-corrected chi connectivity index (χ0v) is 21.6. The third-order valence-corrected chi connectivity index (χ3v) is 8.46. The van der Waals surface area contributed by atoms with Crippen molar-refractivity contribution in [3.63, 3.8) is 0 Å². The fourth-order valence-electron chi connectivity index (χ4n) is 3.70. The molecule has 0 N–H and O–H groups in total. The fourth-order valence-corrected chi connectivity index (χ4v) is 5.59. The maximum absolute atomic E-state index is 13.6. The Hall–Kier alpha value is -2.25. The summed E-state index contributed by atoms with van der Waals surface area (Å²) in [5.74, 6) is 0. The van der Waals surface area contributed by atoms with Gasteiger partial charge in [0.1, 0.15) is 5.15 Å². The molecule has 0 fully saturated rings. The normalized spacial score (nSPS) is 11.9. The number of halogens is 2. The number of benzene rings is 3. The highest BCUT2D eigenvalue weighted by Gasteiger charge is 2.26. The first-order chi connectivity index (χ1) is 15.7. The molecular formula is C26H24BrClN2O2S. The van der Waals surface area contributed by atoms with Crippen molar-refractivity contribution in [1.29, 1.82) is 0 Å². The Labute approximate surface area is 208 Å². The maximum Gasteiger partial charge on any atom is 0.243 e. The summed E-state index contributed by atoms with van der Waals surface area (Å²) in [7, 11) is -3.75. The molecule has 0 bridgehead atoms. The lowest BCUT2D eigenvalue weighted by Crippen LogP contribution is -2.32. The number of rotatable bonds is 7. The highest BCUT2D eigenvalue weighted by molar-refractivity contribution is 9.10. The molecule has 0 saturated carbocycles. The molecule has 4 nitrogen and oxygen atoms in total. The summed E-state index contributed by atoms with van der Waals surface area (Å²) in [6, 6.07) is 22.6. The van der Waals surface area contributed by atoms with Crippen molar-refractivity contribution in [2.75, 3.05) is 6.54 Å². The molecule has 3 aromatic carbocycles. The summed E-state index contributed by atoms with van der Waals surface area (Å²) in [5, 5.41) is 1.27. The van der Waals surface area contributed by atoms with Crippen LogP contribution in [0.3, 0.4) is 0 Å². The summed E-state index contributed by atoms with van der Waals surface area (Å²) >= 11 is 9.91. The van der Waals surface area contributed by atoms with Gasteiger partial charge in [-0.15, -0.1) is 0 Å². The lowest BCUT2D eigenvalue weighted by molar-refractivity contribution is 0.409. The summed E-state index contributed by atoms with van der Waals surface area (Å²) in [5.41, 5.74) is 4.85. The van der Waals surface area contributed by atoms with Gasteiger partial charge in [0.2, 0.25) is 10.0 Å². The zero-order chi connectivity index (χ0) is 23.6. The van der Waals surface area contributed by atoms with Gasteiger partial charge in [0.05, 0.1) is 10.4 Å². The lowest BCUT2D eigenvalue weighted by Gasteiger charge is -2.23. The Bertz CT molecular complexity index is 1390. The topological polar surface area (TPSA) is 50.3 Å². The van der Waals surface area contributed by atoms with Crippen LogP contribution in [0.15, 0.2) is 82.2 Å². The van der Waals surface area contributed by atoms with Gasteiger partial charge in [-0.1, -0.05) is 57.9 Å². The van der Waals surface area contributed by atoms with Crippen LogP contribution in [-0.4, -0.2) is 24.3 Å². The number of hydrogen-bond donors (Lipinski definition) is 0. The van der Waals surface area contributed by atoms with Gasteiger partial charge in [0.25, 0.3) is 0 Å². The molecule has 33 heavy (non-hydrogen) atoms. The highest BCUT2D eigenvalue weighted by atomic mass is 79.9. The minimum Gasteiger partial charge on any atom is -0.236 e. The van der Waals surface area contributed by atoms with Crippen LogP contribution in [0.1, 0.15) is 22.3 Å². The van der Waals surface area contributed by atoms with Gasteiger partial charge in [-0.25, -0.2) is 13.4 Å². The van der Waals surface area contributed by atoms with Crippen LogP contribution in [0.4, 0.5) is 0 Å². The van der Waals surface area contributed by atoms with Crippen molar-refractivity contribution in [1.82, 2.24) is 9.29 Å². The molecule has 0 aliphatic rings. The minimum absolute atomic E-state index is 0.139. The Morgan fingerprint density at radius 2 is 1.61 bits per heavy atom. The van der Waals surface area contributed by atoms with Crippen LogP contribution < -0.4 is 0 Å². The summed E-state index contributed by atoms with van der Waals surface area (Å²) < 4.78 is 29.5. The lowest BCUT2D eigenvalue weighted by atomic mass is 10.1. The van der Waals surface area contributed by atoms with Gasteiger partial charge >= 0.3 is 0 Å². The fraction of sp³-hybridized carbons (Fsp3) is 0.192. The van der Waals surface area contributed by atoms with Gasteiger partial charge in [-0.3, -0.25) is 0 Å². The molecule has 0 unspecified atom stereocenters. The highest BCUT2D eigenvalue weighted by Crippen LogP contribution is 2.27. The van der Waals surface area contributed by atoms with Crippen LogP contribution in [0, 0.1) is 13.8 Å². The second-order valence-electron chi connectivity index (χ2n) is 8.10. The quantitative estimate of drug-likeness (QED) is 0.244. The van der Waals surface area contributed by atoms with E-state index in [1.54, 1.807) is 24.3 Å². The first-order valence-corrected chi connectivity index (χ1v) is 13.2. The third-order valence-electron chi connectivity index (χ3n) is 5.75. The number of fused-ring (bicyclic) bond motifs is 1. The molecule has 1 heterocycles. The number of sulfonamides is 1. The van der Waals surface area contributed by atoms with Gasteiger partial charge in [-0.05, 0) is 79.4 Å². The van der Waals surface area contributed by atoms with Gasteiger partial charge in [0.15, 0.2) is 0 Å². The van der Waals surface area contributed by atoms with E-state index in [4.69, 9.17) is 11.6 Å². The van der Waals surface area contributed by atoms with Crippen molar-refractivity contribution >= 4 is 48.5 Å². The average molecular weight is 544 g/mol. The van der Waals surface area contributed by atoms with Crippen molar-refractivity contribution in [2.24, 2.45) is 0 Å². The van der Waals surface area contributed by atoms with Gasteiger partial charge < -0.3 is 0 Å². The monoisotopic (exact) mass is 542 g/mol. The summed E-state index contributed by atoms with van der Waals surface area (Å²) in [6.07, 6.45) is 0.591. The van der Waals surface area contributed by atoms with Crippen LogP contribution in [0.25, 0.3) is 10.9 Å². The molecule has 0 spiro atoms. The molecule has 0 atom stereocenters. The maximum atomic E-state index is 13.6. The molecule has 170 valence electrons. The van der Waals surface area contributed by atoms with Crippen molar-refractivity contribution in [2.45, 2.75) is 31.7 Å². The molecular weight excluding hydrogens is 520 g/mol. The van der Waals surface area contributed by atoms with Crippen LogP contribution in [0.2, 0.25) is 5.15 Å². The predicted molar refractivity (Wildman–Crippen MR) is 138 cm³/mol. The van der Waals surface area contributed by atoms with E-state index in [0.717, 1.165) is 32.1 Å². The smallest absolute Gasteiger partial charge is 0.236 e. The largest absolute Gasteiger partial charge is 0.243 e.